The van der Waals surface area contributed by atoms with Crippen molar-refractivity contribution in [2.45, 2.75) is 19.1 Å². The van der Waals surface area contributed by atoms with E-state index in [1.807, 2.05) is 12.1 Å². The molecule has 0 unspecified atom stereocenters. The highest BCUT2D eigenvalue weighted by Gasteiger charge is 2.30. The number of methoxy groups -OCH3 is 1. The predicted octanol–water partition coefficient (Wildman–Crippen LogP) is 1.87. The maximum Gasteiger partial charge on any atom is 0.339 e. The summed E-state index contributed by atoms with van der Waals surface area (Å²) in [5.74, 6) is -1.24. The SMILES string of the molecule is COC(=O)c1ccc(CNC(=O)[C@@H]2Cc3ccccc3C(=O)O2)cc1. The van der Waals surface area contributed by atoms with Crippen molar-refractivity contribution in [3.8, 4) is 0 Å². The smallest absolute Gasteiger partial charge is 0.339 e. The van der Waals surface area contributed by atoms with Gasteiger partial charge in [-0.05, 0) is 29.3 Å². The molecule has 1 aliphatic rings. The fourth-order valence-electron chi connectivity index (χ4n) is 2.66. The molecule has 25 heavy (non-hydrogen) atoms. The van der Waals surface area contributed by atoms with Gasteiger partial charge in [0.15, 0.2) is 6.10 Å². The zero-order valence-corrected chi connectivity index (χ0v) is 13.7. The number of carbonyl (C=O) groups excluding carboxylic acids is 3. The van der Waals surface area contributed by atoms with Gasteiger partial charge < -0.3 is 14.8 Å². The Balaban J connectivity index is 1.60. The molecule has 1 amide bonds. The molecular weight excluding hydrogens is 322 g/mol. The monoisotopic (exact) mass is 339 g/mol. The van der Waals surface area contributed by atoms with Crippen LogP contribution in [0.1, 0.15) is 31.8 Å². The first-order valence-electron chi connectivity index (χ1n) is 7.82. The molecule has 1 aliphatic heterocycles. The molecule has 1 atom stereocenters. The van der Waals surface area contributed by atoms with Crippen molar-refractivity contribution in [2.24, 2.45) is 0 Å². The lowest BCUT2D eigenvalue weighted by Crippen LogP contribution is -2.41. The van der Waals surface area contributed by atoms with Crippen LogP contribution in [0, 0.1) is 0 Å². The first-order valence-corrected chi connectivity index (χ1v) is 7.82. The van der Waals surface area contributed by atoms with E-state index in [-0.39, 0.29) is 12.5 Å². The molecule has 6 nitrogen and oxygen atoms in total. The molecule has 0 aromatic heterocycles. The Morgan fingerprint density at radius 2 is 1.88 bits per heavy atom. The second-order valence-electron chi connectivity index (χ2n) is 5.66. The second-order valence-corrected chi connectivity index (χ2v) is 5.66. The van der Waals surface area contributed by atoms with Gasteiger partial charge in [-0.2, -0.15) is 0 Å². The average Bonchev–Trinajstić information content (AvgIpc) is 2.65. The van der Waals surface area contributed by atoms with E-state index in [4.69, 9.17) is 4.74 Å². The van der Waals surface area contributed by atoms with Gasteiger partial charge in [-0.15, -0.1) is 0 Å². The Bertz CT molecular complexity index is 813. The van der Waals surface area contributed by atoms with Gasteiger partial charge in [-0.25, -0.2) is 9.59 Å². The van der Waals surface area contributed by atoms with Gasteiger partial charge in [0.2, 0.25) is 0 Å². The van der Waals surface area contributed by atoms with Crippen molar-refractivity contribution < 1.29 is 23.9 Å². The van der Waals surface area contributed by atoms with Gasteiger partial charge in [-0.3, -0.25) is 4.79 Å². The van der Waals surface area contributed by atoms with Crippen LogP contribution in [0.3, 0.4) is 0 Å². The van der Waals surface area contributed by atoms with Gasteiger partial charge in [0.05, 0.1) is 18.2 Å². The molecule has 0 saturated carbocycles. The number of hydrogen-bond donors (Lipinski definition) is 1. The van der Waals surface area contributed by atoms with Crippen LogP contribution in [0.15, 0.2) is 48.5 Å². The third kappa shape index (κ3) is 3.68. The lowest BCUT2D eigenvalue weighted by atomic mass is 9.98. The number of benzene rings is 2. The molecule has 0 aliphatic carbocycles. The van der Waals surface area contributed by atoms with Crippen molar-refractivity contribution >= 4 is 17.8 Å². The van der Waals surface area contributed by atoms with Gasteiger partial charge in [0.1, 0.15) is 0 Å². The number of rotatable bonds is 4. The van der Waals surface area contributed by atoms with Crippen molar-refractivity contribution in [1.29, 1.82) is 0 Å². The Morgan fingerprint density at radius 3 is 2.60 bits per heavy atom. The number of hydrogen-bond acceptors (Lipinski definition) is 5. The first kappa shape index (κ1) is 16.7. The number of fused-ring (bicyclic) bond motifs is 1. The van der Waals surface area contributed by atoms with E-state index in [1.165, 1.54) is 7.11 Å². The quantitative estimate of drug-likeness (QED) is 0.860. The lowest BCUT2D eigenvalue weighted by molar-refractivity contribution is -0.130. The largest absolute Gasteiger partial charge is 0.465 e. The summed E-state index contributed by atoms with van der Waals surface area (Å²) >= 11 is 0. The Hall–Kier alpha value is -3.15. The summed E-state index contributed by atoms with van der Waals surface area (Å²) in [5.41, 5.74) is 2.57. The fraction of sp³-hybridized carbons (Fsp3) is 0.211. The van der Waals surface area contributed by atoms with Gasteiger partial charge in [0, 0.05) is 13.0 Å². The molecule has 1 heterocycles. The summed E-state index contributed by atoms with van der Waals surface area (Å²) in [5, 5.41) is 2.75. The van der Waals surface area contributed by atoms with Crippen LogP contribution in [-0.2, 0) is 27.2 Å². The summed E-state index contributed by atoms with van der Waals surface area (Å²) < 4.78 is 9.85. The Kier molecular flexibility index (Phi) is 4.79. The molecule has 0 fully saturated rings. The Labute approximate surface area is 144 Å². The highest BCUT2D eigenvalue weighted by molar-refractivity contribution is 5.95. The number of carbonyl (C=O) groups is 3. The molecule has 0 radical (unpaired) electrons. The topological polar surface area (TPSA) is 81.7 Å². The van der Waals surface area contributed by atoms with Crippen molar-refractivity contribution in [2.75, 3.05) is 7.11 Å². The van der Waals surface area contributed by atoms with Gasteiger partial charge >= 0.3 is 11.9 Å². The van der Waals surface area contributed by atoms with E-state index < -0.39 is 18.0 Å². The summed E-state index contributed by atoms with van der Waals surface area (Å²) in [6.45, 7) is 0.274. The maximum absolute atomic E-state index is 12.3. The van der Waals surface area contributed by atoms with Crippen LogP contribution >= 0.6 is 0 Å². The second kappa shape index (κ2) is 7.17. The van der Waals surface area contributed by atoms with Crippen LogP contribution in [0.4, 0.5) is 0 Å². The first-order chi connectivity index (χ1) is 12.1. The van der Waals surface area contributed by atoms with E-state index in [1.54, 1.807) is 36.4 Å². The lowest BCUT2D eigenvalue weighted by Gasteiger charge is -2.23. The van der Waals surface area contributed by atoms with E-state index in [0.717, 1.165) is 11.1 Å². The normalized spacial score (nSPS) is 15.7. The molecule has 2 aromatic rings. The minimum Gasteiger partial charge on any atom is -0.465 e. The van der Waals surface area contributed by atoms with Crippen molar-refractivity contribution in [1.82, 2.24) is 5.32 Å². The van der Waals surface area contributed by atoms with Crippen LogP contribution in [-0.4, -0.2) is 31.1 Å². The number of esters is 2. The highest BCUT2D eigenvalue weighted by atomic mass is 16.5. The summed E-state index contributed by atoms with van der Waals surface area (Å²) in [4.78, 5) is 35.6. The maximum atomic E-state index is 12.3. The molecule has 0 spiro atoms. The van der Waals surface area contributed by atoms with Crippen molar-refractivity contribution in [3.05, 3.63) is 70.8 Å². The number of nitrogens with one attached hydrogen (secondary N) is 1. The number of ether oxygens (including phenoxy) is 2. The van der Waals surface area contributed by atoms with Gasteiger partial charge in [0.25, 0.3) is 5.91 Å². The molecule has 6 heteroatoms. The van der Waals surface area contributed by atoms with Crippen LogP contribution in [0.5, 0.6) is 0 Å². The molecule has 2 aromatic carbocycles. The molecule has 0 bridgehead atoms. The van der Waals surface area contributed by atoms with Crippen LogP contribution in [0.2, 0.25) is 0 Å². The number of amides is 1. The summed E-state index contributed by atoms with van der Waals surface area (Å²) in [6, 6.07) is 13.8. The standard InChI is InChI=1S/C19H17NO5/c1-24-18(22)13-8-6-12(7-9-13)11-20-17(21)16-10-14-4-2-3-5-15(14)19(23)25-16/h2-9,16H,10-11H2,1H3,(H,20,21)/t16-/m0/s1. The molecule has 128 valence electrons. The van der Waals surface area contributed by atoms with Crippen molar-refractivity contribution in [3.63, 3.8) is 0 Å². The van der Waals surface area contributed by atoms with Crippen LogP contribution in [0.25, 0.3) is 0 Å². The molecule has 3 rings (SSSR count). The highest BCUT2D eigenvalue weighted by Crippen LogP contribution is 2.20. The summed E-state index contributed by atoms with van der Waals surface area (Å²) in [6.07, 6.45) is -0.480. The predicted molar refractivity (Wildman–Crippen MR) is 89.0 cm³/mol. The molecular formula is C19H17NO5. The zero-order chi connectivity index (χ0) is 17.8. The number of cyclic esters (lactones) is 1. The average molecular weight is 339 g/mol. The third-order valence-corrected chi connectivity index (χ3v) is 4.03. The third-order valence-electron chi connectivity index (χ3n) is 4.03. The minimum absolute atomic E-state index is 0.274. The van der Waals surface area contributed by atoms with Crippen LogP contribution < -0.4 is 5.32 Å². The van der Waals surface area contributed by atoms with E-state index in [9.17, 15) is 14.4 Å². The molecule has 0 saturated heterocycles. The fourth-order valence-corrected chi connectivity index (χ4v) is 2.66. The molecule has 1 N–H and O–H groups in total. The van der Waals surface area contributed by atoms with E-state index in [2.05, 4.69) is 10.1 Å². The van der Waals surface area contributed by atoms with E-state index >= 15 is 0 Å². The van der Waals surface area contributed by atoms with Gasteiger partial charge in [-0.1, -0.05) is 30.3 Å². The Morgan fingerprint density at radius 1 is 1.16 bits per heavy atom. The zero-order valence-electron chi connectivity index (χ0n) is 13.7. The van der Waals surface area contributed by atoms with E-state index in [0.29, 0.717) is 17.5 Å². The summed E-state index contributed by atoms with van der Waals surface area (Å²) in [7, 11) is 1.32. The minimum atomic E-state index is -0.836.